The SMILES string of the molecule is C#Cc1cccc(OCc2ccc(C(=O)CC3CC(C)(C)NC(C)(C)C3)cc2)c1. The minimum Gasteiger partial charge on any atom is -0.489 e. The van der Waals surface area contributed by atoms with Gasteiger partial charge in [0.2, 0.25) is 0 Å². The summed E-state index contributed by atoms with van der Waals surface area (Å²) in [4.78, 5) is 12.8. The Hall–Kier alpha value is -2.57. The molecule has 3 rings (SSSR count). The van der Waals surface area contributed by atoms with Crippen LogP contribution in [-0.2, 0) is 6.61 Å². The van der Waals surface area contributed by atoms with Crippen molar-refractivity contribution in [3.63, 3.8) is 0 Å². The lowest BCUT2D eigenvalue weighted by Gasteiger charge is -2.46. The highest BCUT2D eigenvalue weighted by Gasteiger charge is 2.38. The van der Waals surface area contributed by atoms with Crippen molar-refractivity contribution in [3.8, 4) is 18.1 Å². The van der Waals surface area contributed by atoms with Crippen LogP contribution in [0, 0.1) is 18.3 Å². The second-order valence-corrected chi connectivity index (χ2v) is 9.45. The second kappa shape index (κ2) is 8.43. The molecule has 1 fully saturated rings. The molecule has 1 N–H and O–H groups in total. The molecule has 29 heavy (non-hydrogen) atoms. The molecule has 3 heteroatoms. The Morgan fingerprint density at radius 1 is 1.10 bits per heavy atom. The first-order valence-corrected chi connectivity index (χ1v) is 10.3. The number of hydrogen-bond donors (Lipinski definition) is 1. The average Bonchev–Trinajstić information content (AvgIpc) is 2.64. The van der Waals surface area contributed by atoms with Crippen LogP contribution in [-0.4, -0.2) is 16.9 Å². The van der Waals surface area contributed by atoms with Crippen LogP contribution < -0.4 is 10.1 Å². The molecule has 0 spiro atoms. The number of benzene rings is 2. The summed E-state index contributed by atoms with van der Waals surface area (Å²) in [5.41, 5.74) is 2.72. The number of ketones is 1. The summed E-state index contributed by atoms with van der Waals surface area (Å²) >= 11 is 0. The molecular formula is C26H31NO2. The van der Waals surface area contributed by atoms with Gasteiger partial charge >= 0.3 is 0 Å². The molecule has 0 amide bonds. The molecule has 2 aromatic carbocycles. The number of carbonyl (C=O) groups excluding carboxylic acids is 1. The molecule has 0 aliphatic carbocycles. The summed E-state index contributed by atoms with van der Waals surface area (Å²) in [5, 5.41) is 3.68. The third-order valence-electron chi connectivity index (χ3n) is 5.43. The Morgan fingerprint density at radius 2 is 1.76 bits per heavy atom. The van der Waals surface area contributed by atoms with E-state index in [2.05, 4.69) is 38.9 Å². The lowest BCUT2D eigenvalue weighted by atomic mass is 9.74. The minimum absolute atomic E-state index is 0.0601. The van der Waals surface area contributed by atoms with E-state index in [9.17, 15) is 4.79 Å². The van der Waals surface area contributed by atoms with E-state index in [-0.39, 0.29) is 16.9 Å². The van der Waals surface area contributed by atoms with Gasteiger partial charge in [-0.25, -0.2) is 0 Å². The van der Waals surface area contributed by atoms with Crippen molar-refractivity contribution in [2.45, 2.75) is 64.6 Å². The zero-order valence-corrected chi connectivity index (χ0v) is 17.9. The number of hydrogen-bond acceptors (Lipinski definition) is 3. The number of ether oxygens (including phenoxy) is 1. The smallest absolute Gasteiger partial charge is 0.163 e. The Morgan fingerprint density at radius 3 is 2.38 bits per heavy atom. The Bertz CT molecular complexity index is 887. The van der Waals surface area contributed by atoms with Gasteiger partial charge in [0.05, 0.1) is 0 Å². The van der Waals surface area contributed by atoms with Crippen LogP contribution >= 0.6 is 0 Å². The molecule has 1 aliphatic rings. The largest absolute Gasteiger partial charge is 0.489 e. The van der Waals surface area contributed by atoms with Crippen LogP contribution in [0.15, 0.2) is 48.5 Å². The average molecular weight is 390 g/mol. The first kappa shape index (κ1) is 21.1. The molecular weight excluding hydrogens is 358 g/mol. The number of carbonyl (C=O) groups is 1. The molecule has 0 unspecified atom stereocenters. The van der Waals surface area contributed by atoms with Crippen molar-refractivity contribution in [3.05, 3.63) is 65.2 Å². The number of piperidine rings is 1. The Labute approximate surface area is 174 Å². The van der Waals surface area contributed by atoms with Gasteiger partial charge in [-0.3, -0.25) is 4.79 Å². The monoisotopic (exact) mass is 389 g/mol. The molecule has 152 valence electrons. The fraction of sp³-hybridized carbons (Fsp3) is 0.423. The van der Waals surface area contributed by atoms with Gasteiger partial charge in [0.15, 0.2) is 5.78 Å². The fourth-order valence-electron chi connectivity index (χ4n) is 4.69. The van der Waals surface area contributed by atoms with E-state index in [1.165, 1.54) is 0 Å². The van der Waals surface area contributed by atoms with Crippen LogP contribution in [0.2, 0.25) is 0 Å². The van der Waals surface area contributed by atoms with Gasteiger partial charge in [0, 0.05) is 28.6 Å². The van der Waals surface area contributed by atoms with Gasteiger partial charge < -0.3 is 10.1 Å². The second-order valence-electron chi connectivity index (χ2n) is 9.45. The highest BCUT2D eigenvalue weighted by molar-refractivity contribution is 5.96. The maximum Gasteiger partial charge on any atom is 0.163 e. The first-order chi connectivity index (χ1) is 13.7. The van der Waals surface area contributed by atoms with Crippen LogP contribution in [0.3, 0.4) is 0 Å². The quantitative estimate of drug-likeness (QED) is 0.533. The van der Waals surface area contributed by atoms with Crippen LogP contribution in [0.4, 0.5) is 0 Å². The van der Waals surface area contributed by atoms with Gasteiger partial charge in [0.25, 0.3) is 0 Å². The molecule has 0 radical (unpaired) electrons. The van der Waals surface area contributed by atoms with Gasteiger partial charge in [-0.05, 0) is 70.2 Å². The standard InChI is InChI=1S/C26H31NO2/c1-6-19-8-7-9-23(14-19)29-18-20-10-12-22(13-11-20)24(28)15-21-16-25(2,3)27-26(4,5)17-21/h1,7-14,21,27H,15-18H2,2-5H3. The summed E-state index contributed by atoms with van der Waals surface area (Å²) in [6, 6.07) is 15.3. The van der Waals surface area contributed by atoms with Crippen molar-refractivity contribution in [2.75, 3.05) is 0 Å². The summed E-state index contributed by atoms with van der Waals surface area (Å²) in [5.74, 6) is 3.98. The normalized spacial score (nSPS) is 18.0. The van der Waals surface area contributed by atoms with Gasteiger partial charge in [-0.1, -0.05) is 36.3 Å². The minimum atomic E-state index is 0.0601. The van der Waals surface area contributed by atoms with E-state index in [4.69, 9.17) is 11.2 Å². The molecule has 1 aliphatic heterocycles. The van der Waals surface area contributed by atoms with Crippen LogP contribution in [0.25, 0.3) is 0 Å². The van der Waals surface area contributed by atoms with Gasteiger partial charge in [-0.2, -0.15) is 0 Å². The Balaban J connectivity index is 1.58. The van der Waals surface area contributed by atoms with Gasteiger partial charge in [0.1, 0.15) is 12.4 Å². The van der Waals surface area contributed by atoms with Crippen LogP contribution in [0.5, 0.6) is 5.75 Å². The van der Waals surface area contributed by atoms with Crippen molar-refractivity contribution in [1.29, 1.82) is 0 Å². The molecule has 0 bridgehead atoms. The van der Waals surface area contributed by atoms with E-state index >= 15 is 0 Å². The lowest BCUT2D eigenvalue weighted by molar-refractivity contribution is 0.0864. The number of rotatable bonds is 6. The molecule has 2 aromatic rings. The van der Waals surface area contributed by atoms with Gasteiger partial charge in [-0.15, -0.1) is 6.42 Å². The topological polar surface area (TPSA) is 38.3 Å². The van der Waals surface area contributed by atoms with Crippen molar-refractivity contribution in [1.82, 2.24) is 5.32 Å². The molecule has 1 heterocycles. The molecule has 0 saturated carbocycles. The van der Waals surface area contributed by atoms with Crippen molar-refractivity contribution >= 4 is 5.78 Å². The number of Topliss-reactive ketones (excluding diaryl/α,β-unsaturated/α-hetero) is 1. The summed E-state index contributed by atoms with van der Waals surface area (Å²) in [6.07, 6.45) is 8.06. The third kappa shape index (κ3) is 5.95. The predicted molar refractivity (Wildman–Crippen MR) is 118 cm³/mol. The van der Waals surface area contributed by atoms with Crippen molar-refractivity contribution in [2.24, 2.45) is 5.92 Å². The zero-order valence-electron chi connectivity index (χ0n) is 17.9. The maximum atomic E-state index is 12.8. The zero-order chi connectivity index (χ0) is 21.1. The molecule has 0 atom stereocenters. The molecule has 3 nitrogen and oxygen atoms in total. The van der Waals surface area contributed by atoms with E-state index < -0.39 is 0 Å². The highest BCUT2D eigenvalue weighted by Crippen LogP contribution is 2.35. The highest BCUT2D eigenvalue weighted by atomic mass is 16.5. The van der Waals surface area contributed by atoms with E-state index in [0.29, 0.717) is 18.9 Å². The van der Waals surface area contributed by atoms with Crippen molar-refractivity contribution < 1.29 is 9.53 Å². The maximum absolute atomic E-state index is 12.8. The predicted octanol–water partition coefficient (Wildman–Crippen LogP) is 5.38. The third-order valence-corrected chi connectivity index (χ3v) is 5.43. The number of nitrogens with one attached hydrogen (secondary N) is 1. The number of terminal acetylenes is 1. The summed E-state index contributed by atoms with van der Waals surface area (Å²) < 4.78 is 5.81. The summed E-state index contributed by atoms with van der Waals surface area (Å²) in [7, 11) is 0. The fourth-order valence-corrected chi connectivity index (χ4v) is 4.69. The van der Waals surface area contributed by atoms with E-state index in [1.807, 2.05) is 48.5 Å². The lowest BCUT2D eigenvalue weighted by Crippen LogP contribution is -2.57. The van der Waals surface area contributed by atoms with Crippen LogP contribution in [0.1, 0.15) is 68.4 Å². The summed E-state index contributed by atoms with van der Waals surface area (Å²) in [6.45, 7) is 9.33. The van der Waals surface area contributed by atoms with E-state index in [0.717, 1.165) is 35.3 Å². The first-order valence-electron chi connectivity index (χ1n) is 10.3. The molecule has 1 saturated heterocycles. The van der Waals surface area contributed by atoms with E-state index in [1.54, 1.807) is 0 Å². The molecule has 0 aromatic heterocycles. The Kier molecular flexibility index (Phi) is 6.15.